The van der Waals surface area contributed by atoms with Gasteiger partial charge in [-0.05, 0) is 20.8 Å². The van der Waals surface area contributed by atoms with Crippen LogP contribution in [0.2, 0.25) is 0 Å². The number of methoxy groups -OCH3 is 1. The molecule has 1 saturated heterocycles. The van der Waals surface area contributed by atoms with E-state index in [1.807, 2.05) is 19.3 Å². The van der Waals surface area contributed by atoms with Gasteiger partial charge in [-0.2, -0.15) is 0 Å². The second-order valence-corrected chi connectivity index (χ2v) is 5.50. The Morgan fingerprint density at radius 3 is 2.95 bits per heavy atom. The van der Waals surface area contributed by atoms with Crippen LogP contribution in [0.25, 0.3) is 0 Å². The van der Waals surface area contributed by atoms with Crippen molar-refractivity contribution < 1.29 is 14.3 Å². The molecular weight excluding hydrogens is 258 g/mol. The molecule has 1 aromatic heterocycles. The maximum Gasteiger partial charge on any atom is 0.336 e. The van der Waals surface area contributed by atoms with Crippen LogP contribution in [0, 0.1) is 0 Å². The van der Waals surface area contributed by atoms with Crippen molar-refractivity contribution in [2.75, 3.05) is 20.2 Å². The van der Waals surface area contributed by atoms with Gasteiger partial charge < -0.3 is 14.0 Å². The van der Waals surface area contributed by atoms with E-state index in [4.69, 9.17) is 9.47 Å². The zero-order chi connectivity index (χ0) is 14.7. The lowest BCUT2D eigenvalue weighted by atomic mass is 10.2. The zero-order valence-corrected chi connectivity index (χ0v) is 12.6. The van der Waals surface area contributed by atoms with Crippen molar-refractivity contribution >= 4 is 5.97 Å². The minimum absolute atomic E-state index is 0.00955. The second kappa shape index (κ2) is 6.37. The fourth-order valence-electron chi connectivity index (χ4n) is 2.57. The molecule has 1 aromatic rings. The number of esters is 1. The van der Waals surface area contributed by atoms with Crippen molar-refractivity contribution in [3.63, 3.8) is 0 Å². The molecule has 0 aliphatic carbocycles. The van der Waals surface area contributed by atoms with Crippen LogP contribution in [0.3, 0.4) is 0 Å². The van der Waals surface area contributed by atoms with E-state index in [2.05, 4.69) is 28.3 Å². The van der Waals surface area contributed by atoms with E-state index in [-0.39, 0.29) is 12.1 Å². The lowest BCUT2D eigenvalue weighted by molar-refractivity contribution is -0.166. The number of carbonyl (C=O) groups is 1. The second-order valence-electron chi connectivity index (χ2n) is 5.50. The number of carbonyl (C=O) groups excluding carboxylic acids is 1. The van der Waals surface area contributed by atoms with Gasteiger partial charge in [0.2, 0.25) is 0 Å². The number of hydrogen-bond acceptors (Lipinski definition) is 5. The van der Waals surface area contributed by atoms with Crippen LogP contribution in [0.1, 0.15) is 32.6 Å². The molecule has 1 aliphatic heterocycles. The highest BCUT2D eigenvalue weighted by Gasteiger charge is 2.31. The summed E-state index contributed by atoms with van der Waals surface area (Å²) in [6, 6.07) is 0.377. The van der Waals surface area contributed by atoms with Gasteiger partial charge in [-0.25, -0.2) is 9.78 Å². The largest absolute Gasteiger partial charge is 0.467 e. The van der Waals surface area contributed by atoms with Gasteiger partial charge in [-0.1, -0.05) is 0 Å². The molecule has 0 saturated carbocycles. The Morgan fingerprint density at radius 2 is 2.30 bits per heavy atom. The van der Waals surface area contributed by atoms with E-state index in [9.17, 15) is 4.79 Å². The van der Waals surface area contributed by atoms with Gasteiger partial charge in [0, 0.05) is 31.5 Å². The highest BCUT2D eigenvalue weighted by molar-refractivity contribution is 5.74. The highest BCUT2D eigenvalue weighted by Crippen LogP contribution is 2.16. The molecule has 20 heavy (non-hydrogen) atoms. The van der Waals surface area contributed by atoms with Crippen LogP contribution >= 0.6 is 0 Å². The summed E-state index contributed by atoms with van der Waals surface area (Å²) in [7, 11) is 1.39. The Hall–Kier alpha value is -1.40. The summed E-state index contributed by atoms with van der Waals surface area (Å²) in [4.78, 5) is 18.2. The normalized spacial score (nSPS) is 24.1. The molecule has 1 aliphatic rings. The summed E-state index contributed by atoms with van der Waals surface area (Å²) in [5, 5.41) is 0. The van der Waals surface area contributed by atoms with E-state index >= 15 is 0 Å². The van der Waals surface area contributed by atoms with Crippen molar-refractivity contribution in [1.82, 2.24) is 14.5 Å². The average molecular weight is 281 g/mol. The highest BCUT2D eigenvalue weighted by atomic mass is 16.6. The molecular formula is C14H23N3O3. The smallest absolute Gasteiger partial charge is 0.336 e. The average Bonchev–Trinajstić information content (AvgIpc) is 2.85. The number of rotatable bonds is 4. The van der Waals surface area contributed by atoms with Crippen LogP contribution < -0.4 is 0 Å². The van der Waals surface area contributed by atoms with Crippen LogP contribution in [-0.2, 0) is 20.8 Å². The van der Waals surface area contributed by atoms with E-state index < -0.39 is 6.10 Å². The Balaban J connectivity index is 2.04. The fraction of sp³-hybridized carbons (Fsp3) is 0.714. The van der Waals surface area contributed by atoms with Gasteiger partial charge in [0.05, 0.1) is 19.8 Å². The molecule has 0 bridgehead atoms. The maximum absolute atomic E-state index is 11.6. The molecule has 0 N–H and O–H groups in total. The number of nitrogens with zero attached hydrogens (tertiary/aromatic N) is 3. The standard InChI is InChI=1S/C14H23N3O3/c1-10(2)17-6-5-15-13(17)9-16-7-11(3)20-12(8-16)14(18)19-4/h5-6,10-12H,7-9H2,1-4H3/t11-,12?/m1/s1. The molecule has 0 amide bonds. The predicted octanol–water partition coefficient (Wildman–Crippen LogP) is 1.23. The first-order valence-corrected chi connectivity index (χ1v) is 6.98. The molecule has 0 radical (unpaired) electrons. The topological polar surface area (TPSA) is 56.6 Å². The molecule has 0 aromatic carbocycles. The van der Waals surface area contributed by atoms with Gasteiger partial charge in [-0.15, -0.1) is 0 Å². The van der Waals surface area contributed by atoms with Gasteiger partial charge in [-0.3, -0.25) is 4.90 Å². The summed E-state index contributed by atoms with van der Waals surface area (Å²) in [6.07, 6.45) is 3.31. The predicted molar refractivity (Wildman–Crippen MR) is 74.2 cm³/mol. The number of hydrogen-bond donors (Lipinski definition) is 0. The van der Waals surface area contributed by atoms with E-state index in [0.29, 0.717) is 19.1 Å². The summed E-state index contributed by atoms with van der Waals surface area (Å²) in [5.74, 6) is 0.700. The summed E-state index contributed by atoms with van der Waals surface area (Å²) >= 11 is 0. The molecule has 0 spiro atoms. The van der Waals surface area contributed by atoms with E-state index in [1.54, 1.807) is 0 Å². The summed E-state index contributed by atoms with van der Waals surface area (Å²) < 4.78 is 12.5. The monoisotopic (exact) mass is 281 g/mol. The molecule has 2 heterocycles. The minimum Gasteiger partial charge on any atom is -0.467 e. The lowest BCUT2D eigenvalue weighted by Gasteiger charge is -2.35. The van der Waals surface area contributed by atoms with Crippen LogP contribution in [-0.4, -0.2) is 52.8 Å². The quantitative estimate of drug-likeness (QED) is 0.777. The van der Waals surface area contributed by atoms with Crippen molar-refractivity contribution in [2.24, 2.45) is 0 Å². The molecule has 112 valence electrons. The number of ether oxygens (including phenoxy) is 2. The third kappa shape index (κ3) is 3.37. The van der Waals surface area contributed by atoms with Gasteiger partial charge >= 0.3 is 5.97 Å². The number of aromatic nitrogens is 2. The third-order valence-electron chi connectivity index (χ3n) is 3.47. The van der Waals surface area contributed by atoms with Crippen molar-refractivity contribution in [2.45, 2.75) is 45.6 Å². The van der Waals surface area contributed by atoms with Gasteiger partial charge in [0.25, 0.3) is 0 Å². The van der Waals surface area contributed by atoms with E-state index in [0.717, 1.165) is 12.4 Å². The molecule has 1 unspecified atom stereocenters. The first-order chi connectivity index (χ1) is 9.51. The Morgan fingerprint density at radius 1 is 1.55 bits per heavy atom. The first kappa shape index (κ1) is 15.0. The first-order valence-electron chi connectivity index (χ1n) is 6.98. The fourth-order valence-corrected chi connectivity index (χ4v) is 2.57. The lowest BCUT2D eigenvalue weighted by Crippen LogP contribution is -2.49. The number of imidazole rings is 1. The Labute approximate surface area is 119 Å². The molecule has 2 atom stereocenters. The molecule has 2 rings (SSSR count). The van der Waals surface area contributed by atoms with E-state index in [1.165, 1.54) is 7.11 Å². The Kier molecular flexibility index (Phi) is 4.77. The Bertz CT molecular complexity index is 458. The van der Waals surface area contributed by atoms with Crippen molar-refractivity contribution in [1.29, 1.82) is 0 Å². The van der Waals surface area contributed by atoms with Crippen molar-refractivity contribution in [3.8, 4) is 0 Å². The van der Waals surface area contributed by atoms with Gasteiger partial charge in [0.15, 0.2) is 6.10 Å². The van der Waals surface area contributed by atoms with Crippen LogP contribution in [0.5, 0.6) is 0 Å². The van der Waals surface area contributed by atoms with Crippen LogP contribution in [0.4, 0.5) is 0 Å². The summed E-state index contributed by atoms with van der Waals surface area (Å²) in [5.41, 5.74) is 0. The van der Waals surface area contributed by atoms with Gasteiger partial charge in [0.1, 0.15) is 5.82 Å². The minimum atomic E-state index is -0.508. The number of morpholine rings is 1. The maximum atomic E-state index is 11.6. The zero-order valence-electron chi connectivity index (χ0n) is 12.6. The third-order valence-corrected chi connectivity index (χ3v) is 3.47. The summed E-state index contributed by atoms with van der Waals surface area (Å²) in [6.45, 7) is 8.28. The molecule has 6 nitrogen and oxygen atoms in total. The molecule has 6 heteroatoms. The van der Waals surface area contributed by atoms with Crippen LogP contribution in [0.15, 0.2) is 12.4 Å². The molecule has 1 fully saturated rings. The SMILES string of the molecule is COC(=O)C1CN(Cc2nccn2C(C)C)C[C@@H](C)O1. The van der Waals surface area contributed by atoms with Crippen molar-refractivity contribution in [3.05, 3.63) is 18.2 Å².